The van der Waals surface area contributed by atoms with Crippen LogP contribution in [0.5, 0.6) is 0 Å². The minimum absolute atomic E-state index is 0.0651. The number of para-hydroxylation sites is 2. The Hall–Kier alpha value is -1.22. The highest BCUT2D eigenvalue weighted by Crippen LogP contribution is 2.23. The van der Waals surface area contributed by atoms with E-state index < -0.39 is 0 Å². The molecule has 0 saturated heterocycles. The van der Waals surface area contributed by atoms with Crippen LogP contribution in [0, 0.1) is 0 Å². The molecule has 0 aromatic heterocycles. The summed E-state index contributed by atoms with van der Waals surface area (Å²) in [5, 5.41) is 3.47. The molecule has 16 heavy (non-hydrogen) atoms. The fraction of sp³-hybridized carbons (Fsp3) is 0.538. The molecule has 3 N–H and O–H groups in total. The van der Waals surface area contributed by atoms with Crippen molar-refractivity contribution in [3.05, 3.63) is 24.3 Å². The predicted octanol–water partition coefficient (Wildman–Crippen LogP) is 3.22. The Kier molecular flexibility index (Phi) is 4.19. The predicted molar refractivity (Wildman–Crippen MR) is 71.7 cm³/mol. The molecule has 1 aromatic carbocycles. The molecular weight excluding hydrogens is 198 g/mol. The number of hydrogen-bond donors (Lipinski definition) is 3. The number of hydrazine groups is 1. The second-order valence-corrected chi connectivity index (χ2v) is 5.34. The van der Waals surface area contributed by atoms with Crippen LogP contribution in [-0.4, -0.2) is 11.6 Å². The van der Waals surface area contributed by atoms with Crippen LogP contribution in [-0.2, 0) is 0 Å². The van der Waals surface area contributed by atoms with E-state index in [1.54, 1.807) is 0 Å². The Balaban J connectivity index is 2.75. The fourth-order valence-electron chi connectivity index (χ4n) is 1.33. The van der Waals surface area contributed by atoms with E-state index in [9.17, 15) is 0 Å². The Morgan fingerprint density at radius 1 is 1.00 bits per heavy atom. The summed E-state index contributed by atoms with van der Waals surface area (Å²) < 4.78 is 0. The van der Waals surface area contributed by atoms with Crippen LogP contribution in [0.4, 0.5) is 11.4 Å². The van der Waals surface area contributed by atoms with Crippen LogP contribution in [0.2, 0.25) is 0 Å². The van der Waals surface area contributed by atoms with E-state index in [4.69, 9.17) is 0 Å². The summed E-state index contributed by atoms with van der Waals surface area (Å²) in [4.78, 5) is 0. The van der Waals surface area contributed by atoms with Gasteiger partial charge in [0.2, 0.25) is 0 Å². The topological polar surface area (TPSA) is 36.1 Å². The third-order valence-electron chi connectivity index (χ3n) is 1.93. The molecule has 0 bridgehead atoms. The molecule has 0 radical (unpaired) electrons. The lowest BCUT2D eigenvalue weighted by Crippen LogP contribution is -2.31. The Labute approximate surface area is 98.6 Å². The highest BCUT2D eigenvalue weighted by molar-refractivity contribution is 5.68. The summed E-state index contributed by atoms with van der Waals surface area (Å²) in [6.07, 6.45) is 0. The van der Waals surface area contributed by atoms with Crippen molar-refractivity contribution in [1.29, 1.82) is 0 Å². The maximum Gasteiger partial charge on any atom is 0.0720 e. The van der Waals surface area contributed by atoms with Gasteiger partial charge in [-0.2, -0.15) is 0 Å². The van der Waals surface area contributed by atoms with Gasteiger partial charge in [-0.3, -0.25) is 0 Å². The van der Waals surface area contributed by atoms with Gasteiger partial charge < -0.3 is 10.7 Å². The van der Waals surface area contributed by atoms with Gasteiger partial charge >= 0.3 is 0 Å². The molecule has 3 nitrogen and oxygen atoms in total. The molecule has 0 aliphatic heterocycles. The van der Waals surface area contributed by atoms with Crippen LogP contribution in [0.3, 0.4) is 0 Å². The fourth-order valence-corrected chi connectivity index (χ4v) is 1.33. The summed E-state index contributed by atoms with van der Waals surface area (Å²) in [5.74, 6) is 0. The number of nitrogens with one attached hydrogen (secondary N) is 3. The van der Waals surface area contributed by atoms with Gasteiger partial charge in [-0.25, -0.2) is 5.43 Å². The molecule has 0 aliphatic carbocycles. The first-order valence-electron chi connectivity index (χ1n) is 5.77. The largest absolute Gasteiger partial charge is 0.379 e. The second kappa shape index (κ2) is 5.21. The van der Waals surface area contributed by atoms with Crippen LogP contribution in [0.15, 0.2) is 24.3 Å². The SMILES string of the molecule is CC(C)NNc1ccccc1NC(C)(C)C. The zero-order chi connectivity index (χ0) is 12.2. The van der Waals surface area contributed by atoms with Crippen molar-refractivity contribution >= 4 is 11.4 Å². The van der Waals surface area contributed by atoms with Crippen molar-refractivity contribution in [3.63, 3.8) is 0 Å². The van der Waals surface area contributed by atoms with Crippen molar-refractivity contribution in [1.82, 2.24) is 5.43 Å². The molecule has 0 atom stereocenters. The van der Waals surface area contributed by atoms with Gasteiger partial charge in [0.05, 0.1) is 11.4 Å². The lowest BCUT2D eigenvalue weighted by molar-refractivity contribution is 0.632. The van der Waals surface area contributed by atoms with Gasteiger partial charge in [-0.1, -0.05) is 12.1 Å². The minimum Gasteiger partial charge on any atom is -0.379 e. The van der Waals surface area contributed by atoms with E-state index in [2.05, 4.69) is 62.9 Å². The monoisotopic (exact) mass is 221 g/mol. The molecule has 90 valence electrons. The first-order chi connectivity index (χ1) is 7.38. The van der Waals surface area contributed by atoms with E-state index in [0.29, 0.717) is 6.04 Å². The summed E-state index contributed by atoms with van der Waals surface area (Å²) in [5.41, 5.74) is 8.67. The third-order valence-corrected chi connectivity index (χ3v) is 1.93. The molecule has 0 amide bonds. The van der Waals surface area contributed by atoms with E-state index >= 15 is 0 Å². The zero-order valence-corrected chi connectivity index (χ0v) is 10.9. The molecule has 0 fully saturated rings. The zero-order valence-electron chi connectivity index (χ0n) is 10.9. The van der Waals surface area contributed by atoms with Gasteiger partial charge in [0.25, 0.3) is 0 Å². The molecule has 1 rings (SSSR count). The molecule has 0 saturated carbocycles. The third kappa shape index (κ3) is 4.53. The van der Waals surface area contributed by atoms with Gasteiger partial charge in [-0.05, 0) is 46.8 Å². The van der Waals surface area contributed by atoms with Gasteiger partial charge in [0.1, 0.15) is 0 Å². The first kappa shape index (κ1) is 12.8. The smallest absolute Gasteiger partial charge is 0.0720 e. The molecule has 0 spiro atoms. The number of benzene rings is 1. The van der Waals surface area contributed by atoms with Crippen LogP contribution < -0.4 is 16.2 Å². The van der Waals surface area contributed by atoms with Gasteiger partial charge in [0.15, 0.2) is 0 Å². The summed E-state index contributed by atoms with van der Waals surface area (Å²) in [6.45, 7) is 10.7. The Morgan fingerprint density at radius 3 is 2.06 bits per heavy atom. The minimum atomic E-state index is 0.0651. The normalized spacial score (nSPS) is 11.6. The van der Waals surface area contributed by atoms with Crippen molar-refractivity contribution in [2.75, 3.05) is 10.7 Å². The van der Waals surface area contributed by atoms with E-state index in [-0.39, 0.29) is 5.54 Å². The van der Waals surface area contributed by atoms with E-state index in [0.717, 1.165) is 11.4 Å². The molecule has 1 aromatic rings. The Morgan fingerprint density at radius 2 is 1.56 bits per heavy atom. The van der Waals surface area contributed by atoms with E-state index in [1.807, 2.05) is 12.1 Å². The molecule has 0 aliphatic rings. The molecule has 0 unspecified atom stereocenters. The van der Waals surface area contributed by atoms with Gasteiger partial charge in [-0.15, -0.1) is 0 Å². The summed E-state index contributed by atoms with van der Waals surface area (Å²) >= 11 is 0. The molecule has 3 heteroatoms. The lowest BCUT2D eigenvalue weighted by atomic mass is 10.1. The molecular formula is C13H23N3. The average molecular weight is 221 g/mol. The Bertz CT molecular complexity index is 326. The molecule has 0 heterocycles. The van der Waals surface area contributed by atoms with Crippen LogP contribution >= 0.6 is 0 Å². The summed E-state index contributed by atoms with van der Waals surface area (Å²) in [6, 6.07) is 8.61. The first-order valence-corrected chi connectivity index (χ1v) is 5.77. The van der Waals surface area contributed by atoms with E-state index in [1.165, 1.54) is 0 Å². The summed E-state index contributed by atoms with van der Waals surface area (Å²) in [7, 11) is 0. The van der Waals surface area contributed by atoms with Crippen LogP contribution in [0.25, 0.3) is 0 Å². The quantitative estimate of drug-likeness (QED) is 0.683. The standard InChI is InChI=1S/C13H23N3/c1-10(2)15-16-12-9-7-6-8-11(12)14-13(3,4)5/h6-10,14-16H,1-5H3. The maximum absolute atomic E-state index is 3.47. The highest BCUT2D eigenvalue weighted by Gasteiger charge is 2.11. The highest BCUT2D eigenvalue weighted by atomic mass is 15.4. The van der Waals surface area contributed by atoms with Crippen molar-refractivity contribution in [3.8, 4) is 0 Å². The van der Waals surface area contributed by atoms with Crippen molar-refractivity contribution in [2.45, 2.75) is 46.2 Å². The van der Waals surface area contributed by atoms with Crippen LogP contribution in [0.1, 0.15) is 34.6 Å². The number of hydrogen-bond acceptors (Lipinski definition) is 3. The van der Waals surface area contributed by atoms with Crippen molar-refractivity contribution in [2.24, 2.45) is 0 Å². The number of anilines is 2. The average Bonchev–Trinajstić information content (AvgIpc) is 2.14. The van der Waals surface area contributed by atoms with Crippen molar-refractivity contribution < 1.29 is 0 Å². The maximum atomic E-state index is 3.47. The number of rotatable bonds is 4. The van der Waals surface area contributed by atoms with Gasteiger partial charge in [0, 0.05) is 11.6 Å². The second-order valence-electron chi connectivity index (χ2n) is 5.34. The lowest BCUT2D eigenvalue weighted by Gasteiger charge is -2.25.